The van der Waals surface area contributed by atoms with E-state index < -0.39 is 0 Å². The molecule has 2 heterocycles. The molecule has 1 aromatic heterocycles. The molecule has 0 bridgehead atoms. The van der Waals surface area contributed by atoms with Gasteiger partial charge in [0.1, 0.15) is 0 Å². The van der Waals surface area contributed by atoms with Crippen LogP contribution in [-0.2, 0) is 17.8 Å². The second-order valence-corrected chi connectivity index (χ2v) is 11.0. The van der Waals surface area contributed by atoms with Gasteiger partial charge in [-0.3, -0.25) is 9.59 Å². The summed E-state index contributed by atoms with van der Waals surface area (Å²) in [5.74, 6) is 0.332. The fraction of sp³-hybridized carbons (Fsp3) is 0.433. The molecule has 2 amide bonds. The summed E-state index contributed by atoms with van der Waals surface area (Å²) < 4.78 is 0. The van der Waals surface area contributed by atoms with Crippen molar-refractivity contribution in [1.82, 2.24) is 10.3 Å². The number of para-hydroxylation sites is 1. The van der Waals surface area contributed by atoms with Gasteiger partial charge in [0, 0.05) is 41.4 Å². The first-order chi connectivity index (χ1) is 17.4. The van der Waals surface area contributed by atoms with Crippen LogP contribution in [0.4, 0.5) is 5.69 Å². The Kier molecular flexibility index (Phi) is 8.57. The summed E-state index contributed by atoms with van der Waals surface area (Å²) in [7, 11) is 0. The van der Waals surface area contributed by atoms with Gasteiger partial charge in [-0.25, -0.2) is 4.98 Å². The van der Waals surface area contributed by atoms with Gasteiger partial charge in [-0.1, -0.05) is 57.4 Å². The number of carbonyl (C=O) groups is 2. The third-order valence-corrected chi connectivity index (χ3v) is 7.79. The number of hydrogen-bond acceptors (Lipinski definition) is 4. The number of unbranched alkanes of at least 4 members (excludes halogenated alkanes) is 2. The van der Waals surface area contributed by atoms with Crippen LogP contribution >= 0.6 is 11.3 Å². The van der Waals surface area contributed by atoms with E-state index in [1.807, 2.05) is 55.1 Å². The SMILES string of the molecule is CCCCC.Cc1nc2c(s1)CCN(C(=O)c1ccc(CNC(=O)C3CC3)c(C)c1)c1ccccc1-2. The van der Waals surface area contributed by atoms with E-state index in [0.29, 0.717) is 18.7 Å². The zero-order valence-electron chi connectivity index (χ0n) is 21.9. The number of anilines is 1. The number of amides is 2. The second-order valence-electron chi connectivity index (χ2n) is 9.72. The van der Waals surface area contributed by atoms with Gasteiger partial charge in [0.2, 0.25) is 5.91 Å². The largest absolute Gasteiger partial charge is 0.352 e. The molecule has 0 unspecified atom stereocenters. The first kappa shape index (κ1) is 26.1. The highest BCUT2D eigenvalue weighted by Gasteiger charge is 2.29. The smallest absolute Gasteiger partial charge is 0.258 e. The maximum absolute atomic E-state index is 13.5. The van der Waals surface area contributed by atoms with Crippen LogP contribution in [0.5, 0.6) is 0 Å². The van der Waals surface area contributed by atoms with Crippen molar-refractivity contribution in [3.8, 4) is 11.3 Å². The number of aromatic nitrogens is 1. The van der Waals surface area contributed by atoms with Crippen molar-refractivity contribution in [3.05, 3.63) is 69.0 Å². The molecule has 0 saturated heterocycles. The Morgan fingerprint density at radius 3 is 2.50 bits per heavy atom. The van der Waals surface area contributed by atoms with E-state index in [2.05, 4.69) is 25.2 Å². The van der Waals surface area contributed by atoms with Crippen molar-refractivity contribution in [3.63, 3.8) is 0 Å². The molecule has 1 N–H and O–H groups in total. The molecule has 5 rings (SSSR count). The van der Waals surface area contributed by atoms with Gasteiger partial charge in [-0.2, -0.15) is 0 Å². The Morgan fingerprint density at radius 1 is 1.08 bits per heavy atom. The molecule has 0 atom stereocenters. The Morgan fingerprint density at radius 2 is 1.83 bits per heavy atom. The number of rotatable bonds is 6. The zero-order valence-corrected chi connectivity index (χ0v) is 22.7. The van der Waals surface area contributed by atoms with Gasteiger partial charge in [0.15, 0.2) is 0 Å². The molecule has 6 heteroatoms. The molecule has 1 aliphatic carbocycles. The minimum absolute atomic E-state index is 0.00371. The maximum atomic E-state index is 13.5. The van der Waals surface area contributed by atoms with E-state index in [9.17, 15) is 9.59 Å². The van der Waals surface area contributed by atoms with Crippen molar-refractivity contribution in [2.45, 2.75) is 72.8 Å². The molecule has 2 aliphatic rings. The second kappa shape index (κ2) is 11.8. The molecule has 190 valence electrons. The van der Waals surface area contributed by atoms with Crippen LogP contribution in [0.2, 0.25) is 0 Å². The topological polar surface area (TPSA) is 62.3 Å². The Hall–Kier alpha value is -2.99. The quantitative estimate of drug-likeness (QED) is 0.400. The summed E-state index contributed by atoms with van der Waals surface area (Å²) in [5, 5.41) is 4.06. The number of carbonyl (C=O) groups excluding carboxylic acids is 2. The first-order valence-corrected chi connectivity index (χ1v) is 14.0. The van der Waals surface area contributed by atoms with Gasteiger partial charge in [-0.15, -0.1) is 11.3 Å². The Balaban J connectivity index is 0.000000556. The molecule has 3 aromatic rings. The third-order valence-electron chi connectivity index (χ3n) is 6.76. The monoisotopic (exact) mass is 503 g/mol. The molecule has 1 aliphatic heterocycles. The predicted molar refractivity (Wildman–Crippen MR) is 149 cm³/mol. The summed E-state index contributed by atoms with van der Waals surface area (Å²) in [5.41, 5.74) is 5.66. The van der Waals surface area contributed by atoms with Crippen LogP contribution in [0.1, 0.15) is 77.3 Å². The average Bonchev–Trinajstić information content (AvgIpc) is 3.68. The van der Waals surface area contributed by atoms with E-state index in [0.717, 1.165) is 52.3 Å². The van der Waals surface area contributed by atoms with E-state index in [-0.39, 0.29) is 17.7 Å². The number of benzene rings is 2. The molecule has 0 spiro atoms. The molecular formula is C30H37N3O2S. The highest BCUT2D eigenvalue weighted by atomic mass is 32.1. The van der Waals surface area contributed by atoms with Crippen molar-refractivity contribution >= 4 is 28.8 Å². The van der Waals surface area contributed by atoms with Crippen LogP contribution in [0, 0.1) is 19.8 Å². The van der Waals surface area contributed by atoms with Gasteiger partial charge in [-0.05, 0) is 56.0 Å². The number of nitrogens with one attached hydrogen (secondary N) is 1. The Labute approximate surface area is 219 Å². The lowest BCUT2D eigenvalue weighted by Crippen LogP contribution is -2.32. The summed E-state index contributed by atoms with van der Waals surface area (Å²) in [6, 6.07) is 13.8. The number of nitrogens with zero attached hydrogens (tertiary/aromatic N) is 2. The van der Waals surface area contributed by atoms with Crippen molar-refractivity contribution in [1.29, 1.82) is 0 Å². The molecule has 0 radical (unpaired) electrons. The number of thiazole rings is 1. The normalized spacial score (nSPS) is 14.2. The van der Waals surface area contributed by atoms with E-state index in [1.165, 1.54) is 24.1 Å². The van der Waals surface area contributed by atoms with Crippen molar-refractivity contribution in [2.75, 3.05) is 11.4 Å². The highest BCUT2D eigenvalue weighted by Crippen LogP contribution is 2.38. The molecule has 1 saturated carbocycles. The van der Waals surface area contributed by atoms with Gasteiger partial charge in [0.25, 0.3) is 5.91 Å². The summed E-state index contributed by atoms with van der Waals surface area (Å²) in [4.78, 5) is 33.3. The molecule has 1 fully saturated rings. The maximum Gasteiger partial charge on any atom is 0.258 e. The van der Waals surface area contributed by atoms with Crippen molar-refractivity contribution in [2.24, 2.45) is 5.92 Å². The van der Waals surface area contributed by atoms with Gasteiger partial charge in [0.05, 0.1) is 16.4 Å². The molecule has 5 nitrogen and oxygen atoms in total. The Bertz CT molecular complexity index is 1230. The van der Waals surface area contributed by atoms with Crippen LogP contribution < -0.4 is 10.2 Å². The van der Waals surface area contributed by atoms with Crippen LogP contribution in [0.3, 0.4) is 0 Å². The summed E-state index contributed by atoms with van der Waals surface area (Å²) >= 11 is 1.71. The number of fused-ring (bicyclic) bond motifs is 3. The molecular weight excluding hydrogens is 466 g/mol. The summed E-state index contributed by atoms with van der Waals surface area (Å²) in [6.45, 7) is 9.58. The van der Waals surface area contributed by atoms with Gasteiger partial charge >= 0.3 is 0 Å². The summed E-state index contributed by atoms with van der Waals surface area (Å²) in [6.07, 6.45) is 6.87. The van der Waals surface area contributed by atoms with E-state index >= 15 is 0 Å². The average molecular weight is 504 g/mol. The molecule has 36 heavy (non-hydrogen) atoms. The third kappa shape index (κ3) is 6.04. The lowest BCUT2D eigenvalue weighted by molar-refractivity contribution is -0.122. The fourth-order valence-electron chi connectivity index (χ4n) is 4.51. The molecule has 2 aromatic carbocycles. The van der Waals surface area contributed by atoms with E-state index in [1.54, 1.807) is 11.3 Å². The lowest BCUT2D eigenvalue weighted by atomic mass is 10.0. The highest BCUT2D eigenvalue weighted by molar-refractivity contribution is 7.12. The fourth-order valence-corrected chi connectivity index (χ4v) is 5.45. The number of aryl methyl sites for hydroxylation is 2. The lowest BCUT2D eigenvalue weighted by Gasteiger charge is -2.23. The van der Waals surface area contributed by atoms with Gasteiger partial charge < -0.3 is 10.2 Å². The standard InChI is InChI=1S/C25H25N3O2S.C5H12/c1-15-13-18(9-10-19(15)14-26-24(29)17-7-8-17)25(30)28-12-11-22-23(27-16(2)31-22)20-5-3-4-6-21(20)28;1-3-5-4-2/h3-6,9-10,13,17H,7-8,11-12,14H2,1-2H3,(H,26,29);3-5H2,1-2H3. The number of hydrogen-bond donors (Lipinski definition) is 1. The predicted octanol–water partition coefficient (Wildman–Crippen LogP) is 6.85. The first-order valence-electron chi connectivity index (χ1n) is 13.2. The van der Waals surface area contributed by atoms with Crippen LogP contribution in [0.15, 0.2) is 42.5 Å². The van der Waals surface area contributed by atoms with Crippen LogP contribution in [0.25, 0.3) is 11.3 Å². The zero-order chi connectivity index (χ0) is 25.7. The van der Waals surface area contributed by atoms with E-state index in [4.69, 9.17) is 4.98 Å². The van der Waals surface area contributed by atoms with Crippen LogP contribution in [-0.4, -0.2) is 23.3 Å². The minimum Gasteiger partial charge on any atom is -0.352 e. The van der Waals surface area contributed by atoms with Crippen molar-refractivity contribution < 1.29 is 9.59 Å². The minimum atomic E-state index is -0.00371.